The first kappa shape index (κ1) is 11.6. The maximum absolute atomic E-state index is 11.0. The minimum Gasteiger partial charge on any atom is -0.481 e. The molecule has 1 fully saturated rings. The largest absolute Gasteiger partial charge is 0.481 e. The highest BCUT2D eigenvalue weighted by molar-refractivity contribution is 5.81. The average Bonchev–Trinajstić information content (AvgIpc) is 3.04. The number of rotatable bonds is 4. The van der Waals surface area contributed by atoms with Crippen LogP contribution in [0.1, 0.15) is 11.5 Å². The van der Waals surface area contributed by atoms with Gasteiger partial charge in [0, 0.05) is 11.8 Å². The van der Waals surface area contributed by atoms with Gasteiger partial charge in [0.2, 0.25) is 0 Å². The number of hydrogen-bond donors (Lipinski definition) is 3. The van der Waals surface area contributed by atoms with E-state index < -0.39 is 29.8 Å². The maximum atomic E-state index is 11.0. The van der Waals surface area contributed by atoms with E-state index in [2.05, 4.69) is 0 Å². The molecule has 90 valence electrons. The lowest BCUT2D eigenvalue weighted by molar-refractivity contribution is -0.140. The summed E-state index contributed by atoms with van der Waals surface area (Å²) in [6.07, 6.45) is 0. The number of nitrogens with two attached hydrogens (primary N) is 1. The van der Waals surface area contributed by atoms with E-state index in [4.69, 9.17) is 15.9 Å². The van der Waals surface area contributed by atoms with E-state index in [-0.39, 0.29) is 5.92 Å². The fourth-order valence-corrected chi connectivity index (χ4v) is 2.37. The van der Waals surface area contributed by atoms with Gasteiger partial charge in [0.15, 0.2) is 0 Å². The zero-order valence-corrected chi connectivity index (χ0v) is 8.98. The molecule has 0 aromatic heterocycles. The summed E-state index contributed by atoms with van der Waals surface area (Å²) in [5, 5.41) is 17.9. The van der Waals surface area contributed by atoms with Gasteiger partial charge in [0.25, 0.3) is 0 Å². The molecule has 1 aromatic rings. The fraction of sp³-hybridized carbons (Fsp3) is 0.333. The second kappa shape index (κ2) is 4.18. The molecule has 0 spiro atoms. The molecular formula is C12H13NO4. The van der Waals surface area contributed by atoms with Crippen LogP contribution in [-0.4, -0.2) is 28.2 Å². The van der Waals surface area contributed by atoms with Gasteiger partial charge in [0.1, 0.15) is 6.04 Å². The zero-order valence-electron chi connectivity index (χ0n) is 8.98. The quantitative estimate of drug-likeness (QED) is 0.706. The molecule has 1 aliphatic rings. The second-order valence-corrected chi connectivity index (χ2v) is 4.24. The van der Waals surface area contributed by atoms with Gasteiger partial charge in [-0.1, -0.05) is 30.3 Å². The van der Waals surface area contributed by atoms with Crippen molar-refractivity contribution in [3.8, 4) is 0 Å². The SMILES string of the molecule is NC(C(=O)O)[C@@H]1C(C(=O)O)[C@@H]1c1ccccc1. The molecule has 0 saturated heterocycles. The van der Waals surface area contributed by atoms with Crippen molar-refractivity contribution in [3.63, 3.8) is 0 Å². The van der Waals surface area contributed by atoms with Crippen LogP contribution in [0.2, 0.25) is 0 Å². The monoisotopic (exact) mass is 235 g/mol. The molecule has 4 N–H and O–H groups in total. The summed E-state index contributed by atoms with van der Waals surface area (Å²) in [5.74, 6) is -3.64. The molecule has 2 rings (SSSR count). The molecule has 1 aromatic carbocycles. The average molecular weight is 235 g/mol. The molecule has 0 radical (unpaired) electrons. The van der Waals surface area contributed by atoms with Crippen molar-refractivity contribution < 1.29 is 19.8 Å². The molecule has 4 atom stereocenters. The topological polar surface area (TPSA) is 101 Å². The molecule has 1 aliphatic carbocycles. The Balaban J connectivity index is 2.23. The van der Waals surface area contributed by atoms with Gasteiger partial charge in [-0.3, -0.25) is 9.59 Å². The smallest absolute Gasteiger partial charge is 0.320 e. The maximum Gasteiger partial charge on any atom is 0.320 e. The van der Waals surface area contributed by atoms with Crippen molar-refractivity contribution >= 4 is 11.9 Å². The first-order chi connectivity index (χ1) is 8.04. The molecule has 5 nitrogen and oxygen atoms in total. The number of aliphatic carboxylic acids is 2. The third-order valence-corrected chi connectivity index (χ3v) is 3.24. The molecule has 0 amide bonds. The van der Waals surface area contributed by atoms with Crippen LogP contribution in [0.25, 0.3) is 0 Å². The molecule has 5 heteroatoms. The highest BCUT2D eigenvalue weighted by atomic mass is 16.4. The zero-order chi connectivity index (χ0) is 12.6. The van der Waals surface area contributed by atoms with Gasteiger partial charge in [-0.2, -0.15) is 0 Å². The van der Waals surface area contributed by atoms with Crippen molar-refractivity contribution in [2.45, 2.75) is 12.0 Å². The van der Waals surface area contributed by atoms with Gasteiger partial charge in [-0.15, -0.1) is 0 Å². The van der Waals surface area contributed by atoms with E-state index >= 15 is 0 Å². The number of hydrogen-bond acceptors (Lipinski definition) is 3. The summed E-state index contributed by atoms with van der Waals surface area (Å²) in [5.41, 5.74) is 6.35. The van der Waals surface area contributed by atoms with Crippen LogP contribution in [0, 0.1) is 11.8 Å². The minimum atomic E-state index is -1.15. The standard InChI is InChI=1S/C12H13NO4/c13-10(12(16)17)8-7(9(8)11(14)15)6-4-2-1-3-5-6/h1-5,7-10H,13H2,(H,14,15)(H,16,17)/t7-,8+,9?,10?/m1/s1. The van der Waals surface area contributed by atoms with Crippen LogP contribution in [0.3, 0.4) is 0 Å². The third-order valence-electron chi connectivity index (χ3n) is 3.24. The summed E-state index contributed by atoms with van der Waals surface area (Å²) in [4.78, 5) is 21.8. The summed E-state index contributed by atoms with van der Waals surface area (Å²) in [7, 11) is 0. The summed E-state index contributed by atoms with van der Waals surface area (Å²) in [6.45, 7) is 0. The summed E-state index contributed by atoms with van der Waals surface area (Å²) in [6, 6.07) is 7.91. The third kappa shape index (κ3) is 2.01. The number of carbonyl (C=O) groups is 2. The van der Waals surface area contributed by atoms with Crippen molar-refractivity contribution in [1.29, 1.82) is 0 Å². The van der Waals surface area contributed by atoms with Crippen molar-refractivity contribution in [2.75, 3.05) is 0 Å². The van der Waals surface area contributed by atoms with E-state index in [1.165, 1.54) is 0 Å². The van der Waals surface area contributed by atoms with E-state index in [1.807, 2.05) is 6.07 Å². The lowest BCUT2D eigenvalue weighted by Crippen LogP contribution is -2.33. The Morgan fingerprint density at radius 2 is 1.76 bits per heavy atom. The molecule has 0 aliphatic heterocycles. The predicted octanol–water partition coefficient (Wildman–Crippen LogP) is 0.513. The van der Waals surface area contributed by atoms with Gasteiger partial charge in [0.05, 0.1) is 5.92 Å². The highest BCUT2D eigenvalue weighted by Gasteiger charge is 2.59. The first-order valence-corrected chi connectivity index (χ1v) is 5.30. The van der Waals surface area contributed by atoms with Crippen LogP contribution >= 0.6 is 0 Å². The molecule has 2 unspecified atom stereocenters. The number of carboxylic acids is 2. The van der Waals surface area contributed by atoms with E-state index in [9.17, 15) is 9.59 Å². The number of benzene rings is 1. The molecule has 0 bridgehead atoms. The van der Waals surface area contributed by atoms with Crippen LogP contribution in [0.15, 0.2) is 30.3 Å². The van der Waals surface area contributed by atoms with Crippen LogP contribution < -0.4 is 5.73 Å². The summed E-state index contributed by atoms with van der Waals surface area (Å²) >= 11 is 0. The Morgan fingerprint density at radius 1 is 1.18 bits per heavy atom. The Bertz CT molecular complexity index is 445. The molecule has 17 heavy (non-hydrogen) atoms. The molecule has 1 saturated carbocycles. The molecular weight excluding hydrogens is 222 g/mol. The van der Waals surface area contributed by atoms with Gasteiger partial charge < -0.3 is 15.9 Å². The van der Waals surface area contributed by atoms with E-state index in [0.717, 1.165) is 5.56 Å². The van der Waals surface area contributed by atoms with Crippen molar-refractivity contribution in [3.05, 3.63) is 35.9 Å². The normalized spacial score (nSPS) is 28.4. The Kier molecular flexibility index (Phi) is 2.85. The van der Waals surface area contributed by atoms with E-state index in [0.29, 0.717) is 0 Å². The highest BCUT2D eigenvalue weighted by Crippen LogP contribution is 2.55. The fourth-order valence-electron chi connectivity index (χ4n) is 2.37. The Hall–Kier alpha value is -1.88. The Labute approximate surface area is 97.9 Å². The summed E-state index contributed by atoms with van der Waals surface area (Å²) < 4.78 is 0. The first-order valence-electron chi connectivity index (χ1n) is 5.30. The van der Waals surface area contributed by atoms with Crippen LogP contribution in [-0.2, 0) is 9.59 Å². The predicted molar refractivity (Wildman–Crippen MR) is 59.4 cm³/mol. The Morgan fingerprint density at radius 3 is 2.24 bits per heavy atom. The van der Waals surface area contributed by atoms with Gasteiger partial charge >= 0.3 is 11.9 Å². The minimum absolute atomic E-state index is 0.292. The number of carboxylic acid groups (broad SMARTS) is 2. The van der Waals surface area contributed by atoms with Crippen LogP contribution in [0.5, 0.6) is 0 Å². The van der Waals surface area contributed by atoms with Crippen LogP contribution in [0.4, 0.5) is 0 Å². The molecule has 0 heterocycles. The lowest BCUT2D eigenvalue weighted by Gasteiger charge is -2.04. The van der Waals surface area contributed by atoms with Crippen molar-refractivity contribution in [2.24, 2.45) is 17.6 Å². The van der Waals surface area contributed by atoms with Crippen molar-refractivity contribution in [1.82, 2.24) is 0 Å². The van der Waals surface area contributed by atoms with Gasteiger partial charge in [-0.05, 0) is 5.56 Å². The second-order valence-electron chi connectivity index (χ2n) is 4.24. The van der Waals surface area contributed by atoms with Gasteiger partial charge in [-0.25, -0.2) is 0 Å². The lowest BCUT2D eigenvalue weighted by atomic mass is 10.1. The van der Waals surface area contributed by atoms with E-state index in [1.54, 1.807) is 24.3 Å².